The molecule has 1 aliphatic heterocycles. The molecular formula is C14H19BrFNO. The van der Waals surface area contributed by atoms with Crippen LogP contribution in [0.15, 0.2) is 22.7 Å². The molecule has 2 atom stereocenters. The van der Waals surface area contributed by atoms with Crippen LogP contribution in [0.3, 0.4) is 0 Å². The summed E-state index contributed by atoms with van der Waals surface area (Å²) in [6, 6.07) is 5.19. The van der Waals surface area contributed by atoms with Crippen LogP contribution in [0.4, 0.5) is 4.39 Å². The zero-order valence-corrected chi connectivity index (χ0v) is 12.2. The van der Waals surface area contributed by atoms with E-state index in [0.29, 0.717) is 5.56 Å². The molecule has 2 nitrogen and oxygen atoms in total. The van der Waals surface area contributed by atoms with Crippen LogP contribution in [0.2, 0.25) is 0 Å². The van der Waals surface area contributed by atoms with Crippen molar-refractivity contribution in [2.45, 2.75) is 38.3 Å². The number of benzene rings is 1. The maximum Gasteiger partial charge on any atom is 0.129 e. The van der Waals surface area contributed by atoms with Gasteiger partial charge in [-0.3, -0.25) is 0 Å². The SMILES string of the molecule is CC(NCC1CCCCO1)c1ccc(Br)cc1F. The molecular weight excluding hydrogens is 297 g/mol. The first-order valence-electron chi connectivity index (χ1n) is 6.47. The van der Waals surface area contributed by atoms with E-state index in [0.717, 1.165) is 30.5 Å². The lowest BCUT2D eigenvalue weighted by Crippen LogP contribution is -2.33. The average molecular weight is 316 g/mol. The summed E-state index contributed by atoms with van der Waals surface area (Å²) in [4.78, 5) is 0. The normalized spacial score (nSPS) is 21.8. The van der Waals surface area contributed by atoms with E-state index >= 15 is 0 Å². The Balaban J connectivity index is 1.88. The van der Waals surface area contributed by atoms with Crippen LogP contribution in [0.25, 0.3) is 0 Å². The predicted molar refractivity (Wildman–Crippen MR) is 74.1 cm³/mol. The molecule has 0 saturated carbocycles. The lowest BCUT2D eigenvalue weighted by molar-refractivity contribution is 0.0156. The summed E-state index contributed by atoms with van der Waals surface area (Å²) >= 11 is 3.27. The van der Waals surface area contributed by atoms with E-state index in [2.05, 4.69) is 21.2 Å². The maximum atomic E-state index is 13.8. The van der Waals surface area contributed by atoms with Crippen molar-refractivity contribution in [2.24, 2.45) is 0 Å². The maximum absolute atomic E-state index is 13.8. The Morgan fingerprint density at radius 2 is 2.33 bits per heavy atom. The lowest BCUT2D eigenvalue weighted by Gasteiger charge is -2.25. The van der Waals surface area contributed by atoms with Gasteiger partial charge in [0.25, 0.3) is 0 Å². The summed E-state index contributed by atoms with van der Waals surface area (Å²) < 4.78 is 20.2. The van der Waals surface area contributed by atoms with Crippen molar-refractivity contribution in [2.75, 3.05) is 13.2 Å². The van der Waals surface area contributed by atoms with E-state index in [1.165, 1.54) is 12.5 Å². The number of halogens is 2. The van der Waals surface area contributed by atoms with Crippen LogP contribution in [0, 0.1) is 5.82 Å². The Morgan fingerprint density at radius 3 is 3.00 bits per heavy atom. The van der Waals surface area contributed by atoms with Crippen molar-refractivity contribution in [3.05, 3.63) is 34.1 Å². The summed E-state index contributed by atoms with van der Waals surface area (Å²) in [6.45, 7) is 3.62. The van der Waals surface area contributed by atoms with Gasteiger partial charge in [-0.2, -0.15) is 0 Å². The number of hydrogen-bond donors (Lipinski definition) is 1. The molecule has 100 valence electrons. The second-order valence-corrected chi connectivity index (χ2v) is 5.70. The topological polar surface area (TPSA) is 21.3 Å². The number of nitrogens with one attached hydrogen (secondary N) is 1. The van der Waals surface area contributed by atoms with Gasteiger partial charge in [-0.25, -0.2) is 4.39 Å². The second kappa shape index (κ2) is 6.64. The van der Waals surface area contributed by atoms with Crippen LogP contribution in [0.1, 0.15) is 37.8 Å². The van der Waals surface area contributed by atoms with Crippen LogP contribution in [-0.2, 0) is 4.74 Å². The van der Waals surface area contributed by atoms with E-state index in [1.807, 2.05) is 19.1 Å². The summed E-state index contributed by atoms with van der Waals surface area (Å²) in [5, 5.41) is 3.35. The molecule has 0 radical (unpaired) electrons. The third-order valence-corrected chi connectivity index (χ3v) is 3.85. The first-order valence-corrected chi connectivity index (χ1v) is 7.26. The van der Waals surface area contributed by atoms with E-state index in [1.54, 1.807) is 0 Å². The summed E-state index contributed by atoms with van der Waals surface area (Å²) in [7, 11) is 0. The Labute approximate surface area is 116 Å². The Kier molecular flexibility index (Phi) is 5.15. The minimum atomic E-state index is -0.172. The minimum absolute atomic E-state index is 0.00336. The Morgan fingerprint density at radius 1 is 1.50 bits per heavy atom. The van der Waals surface area contributed by atoms with Gasteiger partial charge in [-0.15, -0.1) is 0 Å². The monoisotopic (exact) mass is 315 g/mol. The lowest BCUT2D eigenvalue weighted by atomic mass is 10.1. The molecule has 4 heteroatoms. The molecule has 0 amide bonds. The van der Waals surface area contributed by atoms with Gasteiger partial charge in [-0.05, 0) is 38.3 Å². The smallest absolute Gasteiger partial charge is 0.129 e. The number of ether oxygens (including phenoxy) is 1. The molecule has 2 unspecified atom stereocenters. The fourth-order valence-electron chi connectivity index (χ4n) is 2.24. The van der Waals surface area contributed by atoms with E-state index in [-0.39, 0.29) is 18.0 Å². The van der Waals surface area contributed by atoms with Crippen molar-refractivity contribution in [1.82, 2.24) is 5.32 Å². The standard InChI is InChI=1S/C14H19BrFNO/c1-10(13-6-5-11(15)8-14(13)16)17-9-12-4-2-3-7-18-12/h5-6,8,10,12,17H,2-4,7,9H2,1H3. The van der Waals surface area contributed by atoms with Gasteiger partial charge in [-0.1, -0.05) is 22.0 Å². The molecule has 0 aliphatic carbocycles. The van der Waals surface area contributed by atoms with E-state index in [9.17, 15) is 4.39 Å². The molecule has 1 N–H and O–H groups in total. The van der Waals surface area contributed by atoms with E-state index < -0.39 is 0 Å². The highest BCUT2D eigenvalue weighted by Crippen LogP contribution is 2.21. The molecule has 1 heterocycles. The van der Waals surface area contributed by atoms with Crippen molar-refractivity contribution in [3.8, 4) is 0 Å². The Hall–Kier alpha value is -0.450. The highest BCUT2D eigenvalue weighted by Gasteiger charge is 2.16. The number of rotatable bonds is 4. The second-order valence-electron chi connectivity index (χ2n) is 4.78. The molecule has 1 aliphatic rings. The van der Waals surface area contributed by atoms with Crippen LogP contribution in [0.5, 0.6) is 0 Å². The van der Waals surface area contributed by atoms with Gasteiger partial charge in [0.2, 0.25) is 0 Å². The largest absolute Gasteiger partial charge is 0.377 e. The van der Waals surface area contributed by atoms with Crippen molar-refractivity contribution < 1.29 is 9.13 Å². The third kappa shape index (κ3) is 3.77. The quantitative estimate of drug-likeness (QED) is 0.912. The summed E-state index contributed by atoms with van der Waals surface area (Å²) in [5.74, 6) is -0.172. The summed E-state index contributed by atoms with van der Waals surface area (Å²) in [6.07, 6.45) is 3.77. The molecule has 1 aromatic carbocycles. The van der Waals surface area contributed by atoms with Gasteiger partial charge in [0.1, 0.15) is 5.82 Å². The van der Waals surface area contributed by atoms with Gasteiger partial charge < -0.3 is 10.1 Å². The van der Waals surface area contributed by atoms with Crippen LogP contribution >= 0.6 is 15.9 Å². The zero-order valence-electron chi connectivity index (χ0n) is 10.6. The highest BCUT2D eigenvalue weighted by atomic mass is 79.9. The van der Waals surface area contributed by atoms with Gasteiger partial charge in [0, 0.05) is 29.2 Å². The molecule has 1 aromatic rings. The van der Waals surface area contributed by atoms with Crippen LogP contribution in [-0.4, -0.2) is 19.3 Å². The van der Waals surface area contributed by atoms with E-state index in [4.69, 9.17) is 4.74 Å². The third-order valence-electron chi connectivity index (χ3n) is 3.35. The van der Waals surface area contributed by atoms with Crippen molar-refractivity contribution in [3.63, 3.8) is 0 Å². The highest BCUT2D eigenvalue weighted by molar-refractivity contribution is 9.10. The van der Waals surface area contributed by atoms with Gasteiger partial charge in [0.15, 0.2) is 0 Å². The number of hydrogen-bond acceptors (Lipinski definition) is 2. The summed E-state index contributed by atoms with van der Waals surface area (Å²) in [5.41, 5.74) is 0.703. The predicted octanol–water partition coefficient (Wildman–Crippen LogP) is 3.81. The molecule has 1 fully saturated rings. The average Bonchev–Trinajstić information content (AvgIpc) is 2.37. The molecule has 0 spiro atoms. The van der Waals surface area contributed by atoms with Gasteiger partial charge >= 0.3 is 0 Å². The minimum Gasteiger partial charge on any atom is -0.377 e. The molecule has 0 bridgehead atoms. The molecule has 1 saturated heterocycles. The molecule has 18 heavy (non-hydrogen) atoms. The van der Waals surface area contributed by atoms with Gasteiger partial charge in [0.05, 0.1) is 6.10 Å². The van der Waals surface area contributed by atoms with Crippen molar-refractivity contribution >= 4 is 15.9 Å². The first-order chi connectivity index (χ1) is 8.66. The fraction of sp³-hybridized carbons (Fsp3) is 0.571. The first kappa shape index (κ1) is 14.0. The Bertz CT molecular complexity index is 393. The fourth-order valence-corrected chi connectivity index (χ4v) is 2.57. The van der Waals surface area contributed by atoms with Crippen molar-refractivity contribution in [1.29, 1.82) is 0 Å². The van der Waals surface area contributed by atoms with Crippen LogP contribution < -0.4 is 5.32 Å². The molecule has 0 aromatic heterocycles. The zero-order chi connectivity index (χ0) is 13.0. The molecule has 2 rings (SSSR count).